The number of hydrogen-bond donors (Lipinski definition) is 1. The number of aromatic nitrogens is 1. The lowest BCUT2D eigenvalue weighted by atomic mass is 10.1. The van der Waals surface area contributed by atoms with Gasteiger partial charge in [-0.3, -0.25) is 4.79 Å². The topological polar surface area (TPSA) is 51.2 Å². The van der Waals surface area contributed by atoms with Crippen molar-refractivity contribution in [1.29, 1.82) is 0 Å². The zero-order chi connectivity index (χ0) is 18.8. The lowest BCUT2D eigenvalue weighted by Crippen LogP contribution is -2.24. The van der Waals surface area contributed by atoms with Crippen molar-refractivity contribution in [1.82, 2.24) is 10.3 Å². The molecule has 0 bridgehead atoms. The van der Waals surface area contributed by atoms with E-state index in [-0.39, 0.29) is 5.91 Å². The van der Waals surface area contributed by atoms with Crippen LogP contribution < -0.4 is 10.1 Å². The van der Waals surface area contributed by atoms with Crippen LogP contribution in [-0.4, -0.2) is 24.5 Å². The molecule has 2 aromatic heterocycles. The van der Waals surface area contributed by atoms with Gasteiger partial charge in [0.1, 0.15) is 10.6 Å². The van der Waals surface area contributed by atoms with Crippen molar-refractivity contribution in [2.45, 2.75) is 13.3 Å². The molecule has 0 aliphatic carbocycles. The van der Waals surface area contributed by atoms with Gasteiger partial charge in [-0.15, -0.1) is 11.3 Å². The van der Waals surface area contributed by atoms with Crippen LogP contribution in [0.5, 0.6) is 5.75 Å². The van der Waals surface area contributed by atoms with Gasteiger partial charge in [-0.05, 0) is 49.2 Å². The van der Waals surface area contributed by atoms with Crippen LogP contribution in [0.25, 0.3) is 21.1 Å². The van der Waals surface area contributed by atoms with E-state index in [0.29, 0.717) is 11.4 Å². The van der Waals surface area contributed by atoms with Crippen LogP contribution in [0.1, 0.15) is 20.8 Å². The van der Waals surface area contributed by atoms with Crippen molar-refractivity contribution in [2.24, 2.45) is 0 Å². The summed E-state index contributed by atoms with van der Waals surface area (Å²) in [5.74, 6) is 0.750. The number of nitrogens with one attached hydrogen (secondary N) is 1. The summed E-state index contributed by atoms with van der Waals surface area (Å²) in [5, 5.41) is 4.99. The summed E-state index contributed by atoms with van der Waals surface area (Å²) < 4.78 is 5.28. The number of hydrogen-bond acceptors (Lipinski definition) is 4. The first-order valence-electron chi connectivity index (χ1n) is 8.84. The zero-order valence-corrected chi connectivity index (χ0v) is 16.1. The maximum Gasteiger partial charge on any atom is 0.261 e. The number of fused-ring (bicyclic) bond motifs is 2. The number of carbonyl (C=O) groups is 1. The van der Waals surface area contributed by atoms with Gasteiger partial charge in [0.2, 0.25) is 0 Å². The third-order valence-corrected chi connectivity index (χ3v) is 5.56. The SMILES string of the molecule is COc1ccc2nc3sc(C(=O)NCCc4cccc(C)c4)cc3cc2c1. The fourth-order valence-electron chi connectivity index (χ4n) is 3.13. The second kappa shape index (κ2) is 7.37. The first kappa shape index (κ1) is 17.5. The highest BCUT2D eigenvalue weighted by atomic mass is 32.1. The Bertz CT molecular complexity index is 1130. The summed E-state index contributed by atoms with van der Waals surface area (Å²) in [6.45, 7) is 2.69. The molecule has 4 nitrogen and oxygen atoms in total. The molecule has 2 heterocycles. The first-order chi connectivity index (χ1) is 13.1. The van der Waals surface area contributed by atoms with E-state index in [9.17, 15) is 4.79 Å². The Kier molecular flexibility index (Phi) is 4.77. The maximum atomic E-state index is 12.5. The molecule has 0 fully saturated rings. The van der Waals surface area contributed by atoms with Gasteiger partial charge in [0.15, 0.2) is 0 Å². The predicted octanol–water partition coefficient (Wildman–Crippen LogP) is 4.74. The molecule has 1 N–H and O–H groups in total. The molecule has 0 aliphatic rings. The van der Waals surface area contributed by atoms with Crippen LogP contribution in [-0.2, 0) is 6.42 Å². The van der Waals surface area contributed by atoms with E-state index < -0.39 is 0 Å². The van der Waals surface area contributed by atoms with Crippen LogP contribution >= 0.6 is 11.3 Å². The number of nitrogens with zero attached hydrogens (tertiary/aromatic N) is 1. The smallest absolute Gasteiger partial charge is 0.261 e. The second-order valence-electron chi connectivity index (χ2n) is 6.55. The van der Waals surface area contributed by atoms with Crippen molar-refractivity contribution in [3.8, 4) is 5.75 Å². The first-order valence-corrected chi connectivity index (χ1v) is 9.66. The lowest BCUT2D eigenvalue weighted by molar-refractivity contribution is 0.0958. The zero-order valence-electron chi connectivity index (χ0n) is 15.3. The van der Waals surface area contributed by atoms with Crippen molar-refractivity contribution in [3.05, 3.63) is 70.6 Å². The predicted molar refractivity (Wildman–Crippen MR) is 111 cm³/mol. The third-order valence-electron chi connectivity index (χ3n) is 4.51. The minimum Gasteiger partial charge on any atom is -0.497 e. The number of rotatable bonds is 5. The van der Waals surface area contributed by atoms with Crippen LogP contribution in [0, 0.1) is 6.92 Å². The van der Waals surface area contributed by atoms with Gasteiger partial charge in [0, 0.05) is 17.3 Å². The fourth-order valence-corrected chi connectivity index (χ4v) is 4.07. The number of thiophene rings is 1. The summed E-state index contributed by atoms with van der Waals surface area (Å²) in [4.78, 5) is 18.7. The molecule has 27 heavy (non-hydrogen) atoms. The number of benzene rings is 2. The van der Waals surface area contributed by atoms with E-state index in [2.05, 4.69) is 41.5 Å². The maximum absolute atomic E-state index is 12.5. The van der Waals surface area contributed by atoms with Crippen LogP contribution in [0.4, 0.5) is 0 Å². The molecule has 2 aromatic carbocycles. The Morgan fingerprint density at radius 1 is 1.11 bits per heavy atom. The number of methoxy groups -OCH3 is 1. The fraction of sp³-hybridized carbons (Fsp3) is 0.182. The van der Waals surface area contributed by atoms with E-state index in [4.69, 9.17) is 4.74 Å². The summed E-state index contributed by atoms with van der Waals surface area (Å²) in [6.07, 6.45) is 0.820. The normalized spacial score (nSPS) is 11.0. The standard InChI is InChI=1S/C22H20N2O2S/c1-14-4-3-5-15(10-14)8-9-23-21(25)20-13-17-11-16-12-18(26-2)6-7-19(16)24-22(17)27-20/h3-7,10-13H,8-9H2,1-2H3,(H,23,25). The van der Waals surface area contributed by atoms with Gasteiger partial charge in [-0.25, -0.2) is 4.98 Å². The molecule has 5 heteroatoms. The number of aryl methyl sites for hydroxylation is 1. The average Bonchev–Trinajstić information content (AvgIpc) is 3.08. The van der Waals surface area contributed by atoms with E-state index in [1.165, 1.54) is 22.5 Å². The Hall–Kier alpha value is -2.92. The summed E-state index contributed by atoms with van der Waals surface area (Å²) in [6, 6.07) is 18.1. The van der Waals surface area contributed by atoms with E-state index in [1.807, 2.05) is 30.3 Å². The number of carbonyl (C=O) groups excluding carboxylic acids is 1. The van der Waals surface area contributed by atoms with E-state index in [1.54, 1.807) is 7.11 Å². The van der Waals surface area contributed by atoms with Crippen molar-refractivity contribution in [2.75, 3.05) is 13.7 Å². The molecule has 0 spiro atoms. The molecule has 0 radical (unpaired) electrons. The lowest BCUT2D eigenvalue weighted by Gasteiger charge is -2.04. The summed E-state index contributed by atoms with van der Waals surface area (Å²) in [7, 11) is 1.65. The van der Waals surface area contributed by atoms with Gasteiger partial charge in [-0.1, -0.05) is 29.8 Å². The van der Waals surface area contributed by atoms with Crippen molar-refractivity contribution in [3.63, 3.8) is 0 Å². The second-order valence-corrected chi connectivity index (χ2v) is 7.58. The average molecular weight is 376 g/mol. The highest BCUT2D eigenvalue weighted by molar-refractivity contribution is 7.20. The molecule has 0 saturated carbocycles. The molecule has 0 unspecified atom stereocenters. The number of amides is 1. The van der Waals surface area contributed by atoms with E-state index in [0.717, 1.165) is 33.3 Å². The van der Waals surface area contributed by atoms with Crippen molar-refractivity contribution < 1.29 is 9.53 Å². The Morgan fingerprint density at radius 2 is 2.00 bits per heavy atom. The Labute approximate surface area is 161 Å². The van der Waals surface area contributed by atoms with Crippen LogP contribution in [0.3, 0.4) is 0 Å². The molecular weight excluding hydrogens is 356 g/mol. The van der Waals surface area contributed by atoms with Gasteiger partial charge < -0.3 is 10.1 Å². The third kappa shape index (κ3) is 3.78. The van der Waals surface area contributed by atoms with Gasteiger partial charge in [0.25, 0.3) is 5.91 Å². The molecule has 1 amide bonds. The van der Waals surface area contributed by atoms with Gasteiger partial charge >= 0.3 is 0 Å². The van der Waals surface area contributed by atoms with Crippen LogP contribution in [0.15, 0.2) is 54.6 Å². The molecule has 136 valence electrons. The molecule has 0 atom stereocenters. The van der Waals surface area contributed by atoms with Gasteiger partial charge in [0.05, 0.1) is 17.5 Å². The molecule has 4 aromatic rings. The highest BCUT2D eigenvalue weighted by Crippen LogP contribution is 2.29. The molecule has 0 saturated heterocycles. The molecule has 0 aliphatic heterocycles. The monoisotopic (exact) mass is 376 g/mol. The van der Waals surface area contributed by atoms with E-state index >= 15 is 0 Å². The van der Waals surface area contributed by atoms with Crippen LogP contribution in [0.2, 0.25) is 0 Å². The highest BCUT2D eigenvalue weighted by Gasteiger charge is 2.12. The van der Waals surface area contributed by atoms with Crippen molar-refractivity contribution >= 4 is 38.4 Å². The summed E-state index contributed by atoms with van der Waals surface area (Å²) in [5.41, 5.74) is 3.36. The minimum absolute atomic E-state index is 0.0488. The summed E-state index contributed by atoms with van der Waals surface area (Å²) >= 11 is 1.42. The Balaban J connectivity index is 1.50. The number of pyridine rings is 1. The largest absolute Gasteiger partial charge is 0.497 e. The minimum atomic E-state index is -0.0488. The Morgan fingerprint density at radius 3 is 2.81 bits per heavy atom. The quantitative estimate of drug-likeness (QED) is 0.547. The molecular formula is C22H20N2O2S. The van der Waals surface area contributed by atoms with Gasteiger partial charge in [-0.2, -0.15) is 0 Å². The number of ether oxygens (including phenoxy) is 1. The molecule has 4 rings (SSSR count).